The van der Waals surface area contributed by atoms with Crippen molar-refractivity contribution in [2.45, 2.75) is 13.0 Å². The summed E-state index contributed by atoms with van der Waals surface area (Å²) in [6.45, 7) is 1.94. The zero-order valence-corrected chi connectivity index (χ0v) is 18.0. The first kappa shape index (κ1) is 21.2. The number of benzene rings is 3. The van der Waals surface area contributed by atoms with Gasteiger partial charge < -0.3 is 20.3 Å². The molecule has 0 atom stereocenters. The van der Waals surface area contributed by atoms with Crippen LogP contribution in [0.5, 0.6) is 5.75 Å². The Bertz CT molecular complexity index is 1050. The van der Waals surface area contributed by atoms with E-state index in [9.17, 15) is 9.59 Å². The summed E-state index contributed by atoms with van der Waals surface area (Å²) in [5.74, 6) is 0.798. The third-order valence-corrected chi connectivity index (χ3v) is 5.31. The van der Waals surface area contributed by atoms with E-state index in [1.165, 1.54) is 0 Å². The minimum absolute atomic E-state index is 0.0189. The number of para-hydroxylation sites is 1. The van der Waals surface area contributed by atoms with Gasteiger partial charge in [-0.3, -0.25) is 4.90 Å². The van der Waals surface area contributed by atoms with Crippen molar-refractivity contribution in [1.82, 2.24) is 4.90 Å². The third-order valence-electron chi connectivity index (χ3n) is 5.31. The Labute approximate surface area is 187 Å². The van der Waals surface area contributed by atoms with Gasteiger partial charge in [0, 0.05) is 36.7 Å². The van der Waals surface area contributed by atoms with Gasteiger partial charge in [0.2, 0.25) is 0 Å². The van der Waals surface area contributed by atoms with Crippen LogP contribution in [0.2, 0.25) is 0 Å². The van der Waals surface area contributed by atoms with Gasteiger partial charge in [-0.2, -0.15) is 0 Å². The summed E-state index contributed by atoms with van der Waals surface area (Å²) in [6, 6.07) is 24.0. The van der Waals surface area contributed by atoms with Gasteiger partial charge in [-0.1, -0.05) is 30.3 Å². The summed E-state index contributed by atoms with van der Waals surface area (Å²) in [5.41, 5.74) is 3.24. The van der Waals surface area contributed by atoms with Crippen molar-refractivity contribution in [1.29, 1.82) is 0 Å². The first-order valence-electron chi connectivity index (χ1n) is 10.5. The number of anilines is 3. The molecule has 0 unspecified atom stereocenters. The van der Waals surface area contributed by atoms with Crippen LogP contribution in [0, 0.1) is 0 Å². The van der Waals surface area contributed by atoms with E-state index in [1.807, 2.05) is 71.6 Å². The first-order chi connectivity index (χ1) is 15.6. The number of carbonyl (C=O) groups excluding carboxylic acids is 2. The highest BCUT2D eigenvalue weighted by Gasteiger charge is 2.26. The van der Waals surface area contributed by atoms with Crippen LogP contribution in [0.25, 0.3) is 0 Å². The highest BCUT2D eigenvalue weighted by Crippen LogP contribution is 2.24. The summed E-state index contributed by atoms with van der Waals surface area (Å²) < 4.78 is 5.20. The fourth-order valence-electron chi connectivity index (χ4n) is 3.66. The Morgan fingerprint density at radius 3 is 2.19 bits per heavy atom. The normalized spacial score (nSPS) is 13.6. The molecule has 4 rings (SSSR count). The van der Waals surface area contributed by atoms with Crippen LogP contribution < -0.4 is 20.3 Å². The van der Waals surface area contributed by atoms with E-state index in [0.717, 1.165) is 35.7 Å². The number of nitrogens with one attached hydrogen (secondary N) is 2. The topological polar surface area (TPSA) is 73.9 Å². The molecular formula is C25H26N4O3. The van der Waals surface area contributed by atoms with Gasteiger partial charge in [0.25, 0.3) is 0 Å². The van der Waals surface area contributed by atoms with Gasteiger partial charge in [-0.25, -0.2) is 9.59 Å². The highest BCUT2D eigenvalue weighted by atomic mass is 16.5. The van der Waals surface area contributed by atoms with Crippen molar-refractivity contribution < 1.29 is 14.3 Å². The Kier molecular flexibility index (Phi) is 6.55. The molecule has 3 aromatic carbocycles. The Morgan fingerprint density at radius 2 is 1.53 bits per heavy atom. The van der Waals surface area contributed by atoms with Gasteiger partial charge in [0.1, 0.15) is 5.75 Å². The van der Waals surface area contributed by atoms with E-state index in [0.29, 0.717) is 18.8 Å². The molecule has 7 heteroatoms. The second-order valence-corrected chi connectivity index (χ2v) is 7.55. The average Bonchev–Trinajstić information content (AvgIpc) is 2.82. The van der Waals surface area contributed by atoms with Crippen molar-refractivity contribution in [3.05, 3.63) is 84.4 Å². The second-order valence-electron chi connectivity index (χ2n) is 7.55. The lowest BCUT2D eigenvalue weighted by Gasteiger charge is -2.35. The lowest BCUT2D eigenvalue weighted by atomic mass is 10.1. The standard InChI is InChI=1S/C25H26N4O3/c1-32-23-14-8-19(9-15-23)18-28-16-5-17-29(25(28)31)22-12-10-21(11-13-22)27-24(30)26-20-6-3-2-4-7-20/h2-4,6-15H,5,16-18H2,1H3,(H2,26,27,30). The van der Waals surface area contributed by atoms with Crippen LogP contribution in [0.15, 0.2) is 78.9 Å². The number of urea groups is 2. The maximum Gasteiger partial charge on any atom is 0.324 e. The molecule has 7 nitrogen and oxygen atoms in total. The molecule has 1 aliphatic rings. The lowest BCUT2D eigenvalue weighted by Crippen LogP contribution is -2.49. The van der Waals surface area contributed by atoms with E-state index < -0.39 is 0 Å². The molecule has 1 saturated heterocycles. The fourth-order valence-corrected chi connectivity index (χ4v) is 3.66. The Morgan fingerprint density at radius 1 is 0.875 bits per heavy atom. The number of hydrogen-bond donors (Lipinski definition) is 2. The summed E-state index contributed by atoms with van der Waals surface area (Å²) in [5, 5.41) is 5.59. The SMILES string of the molecule is COc1ccc(CN2CCCN(c3ccc(NC(=O)Nc4ccccc4)cc3)C2=O)cc1. The molecule has 0 spiro atoms. The molecular weight excluding hydrogens is 404 g/mol. The summed E-state index contributed by atoms with van der Waals surface area (Å²) in [4.78, 5) is 28.9. The molecule has 32 heavy (non-hydrogen) atoms. The smallest absolute Gasteiger partial charge is 0.324 e. The quantitative estimate of drug-likeness (QED) is 0.566. The van der Waals surface area contributed by atoms with E-state index >= 15 is 0 Å². The largest absolute Gasteiger partial charge is 0.497 e. The number of nitrogens with zero attached hydrogens (tertiary/aromatic N) is 2. The number of carbonyl (C=O) groups is 2. The summed E-state index contributed by atoms with van der Waals surface area (Å²) in [6.07, 6.45) is 0.890. The van der Waals surface area contributed by atoms with Gasteiger partial charge >= 0.3 is 12.1 Å². The molecule has 0 aromatic heterocycles. The van der Waals surface area contributed by atoms with Crippen LogP contribution >= 0.6 is 0 Å². The molecule has 1 heterocycles. The first-order valence-corrected chi connectivity index (χ1v) is 10.5. The van der Waals surface area contributed by atoms with E-state index in [4.69, 9.17) is 4.74 Å². The van der Waals surface area contributed by atoms with Crippen molar-refractivity contribution in [3.63, 3.8) is 0 Å². The minimum Gasteiger partial charge on any atom is -0.497 e. The zero-order valence-electron chi connectivity index (χ0n) is 18.0. The zero-order chi connectivity index (χ0) is 22.3. The van der Waals surface area contributed by atoms with Crippen LogP contribution in [0.4, 0.5) is 26.7 Å². The Balaban J connectivity index is 1.37. The monoisotopic (exact) mass is 430 g/mol. The molecule has 1 aliphatic heterocycles. The molecule has 0 radical (unpaired) electrons. The number of rotatable bonds is 6. The second kappa shape index (κ2) is 9.87. The van der Waals surface area contributed by atoms with Crippen LogP contribution in [0.1, 0.15) is 12.0 Å². The highest BCUT2D eigenvalue weighted by molar-refractivity contribution is 6.00. The van der Waals surface area contributed by atoms with Gasteiger partial charge in [0.05, 0.1) is 7.11 Å². The average molecular weight is 431 g/mol. The number of hydrogen-bond acceptors (Lipinski definition) is 3. The maximum atomic E-state index is 13.1. The van der Waals surface area contributed by atoms with E-state index in [-0.39, 0.29) is 12.1 Å². The van der Waals surface area contributed by atoms with Gasteiger partial charge in [-0.05, 0) is 60.5 Å². The number of ether oxygens (including phenoxy) is 1. The fraction of sp³-hybridized carbons (Fsp3) is 0.200. The van der Waals surface area contributed by atoms with Crippen LogP contribution in [0.3, 0.4) is 0 Å². The molecule has 1 fully saturated rings. The summed E-state index contributed by atoms with van der Waals surface area (Å²) in [7, 11) is 1.64. The summed E-state index contributed by atoms with van der Waals surface area (Å²) >= 11 is 0. The minimum atomic E-state index is -0.316. The molecule has 0 aliphatic carbocycles. The van der Waals surface area contributed by atoms with Crippen molar-refractivity contribution >= 4 is 29.1 Å². The van der Waals surface area contributed by atoms with Gasteiger partial charge in [0.15, 0.2) is 0 Å². The molecule has 164 valence electrons. The molecule has 3 aromatic rings. The Hall–Kier alpha value is -4.00. The van der Waals surface area contributed by atoms with Crippen LogP contribution in [-0.2, 0) is 6.54 Å². The van der Waals surface area contributed by atoms with Crippen LogP contribution in [-0.4, -0.2) is 37.2 Å². The number of methoxy groups -OCH3 is 1. The van der Waals surface area contributed by atoms with Crippen molar-refractivity contribution in [3.8, 4) is 5.75 Å². The van der Waals surface area contributed by atoms with Gasteiger partial charge in [-0.15, -0.1) is 0 Å². The lowest BCUT2D eigenvalue weighted by molar-refractivity contribution is 0.192. The third kappa shape index (κ3) is 5.18. The van der Waals surface area contributed by atoms with E-state index in [1.54, 1.807) is 24.1 Å². The van der Waals surface area contributed by atoms with Crippen molar-refractivity contribution in [2.75, 3.05) is 35.7 Å². The van der Waals surface area contributed by atoms with Crippen molar-refractivity contribution in [2.24, 2.45) is 0 Å². The molecule has 2 N–H and O–H groups in total. The maximum absolute atomic E-state index is 13.1. The molecule has 0 bridgehead atoms. The molecule has 4 amide bonds. The predicted octanol–water partition coefficient (Wildman–Crippen LogP) is 5.17. The predicted molar refractivity (Wildman–Crippen MR) is 126 cm³/mol. The van der Waals surface area contributed by atoms with E-state index in [2.05, 4.69) is 10.6 Å². The molecule has 0 saturated carbocycles. The number of amides is 4.